The van der Waals surface area contributed by atoms with Crippen LogP contribution >= 0.6 is 0 Å². The van der Waals surface area contributed by atoms with E-state index in [1.165, 1.54) is 31.2 Å². The van der Waals surface area contributed by atoms with Crippen LogP contribution < -0.4 is 5.73 Å². The molecular weight excluding hydrogens is 273 g/mol. The first-order chi connectivity index (χ1) is 9.40. The number of nitrogens with two attached hydrogens (primary N) is 1. The molecule has 0 aromatic heterocycles. The van der Waals surface area contributed by atoms with Gasteiger partial charge in [-0.2, -0.15) is 13.2 Å². The summed E-state index contributed by atoms with van der Waals surface area (Å²) in [4.78, 5) is 14.9. The molecule has 0 spiro atoms. The number of halogens is 3. The fraction of sp³-hybridized carbons (Fsp3) is 0.231. The molecule has 7 heteroatoms. The van der Waals surface area contributed by atoms with Crippen molar-refractivity contribution in [2.45, 2.75) is 13.1 Å². The van der Waals surface area contributed by atoms with E-state index in [-0.39, 0.29) is 12.3 Å². The highest BCUT2D eigenvalue weighted by atomic mass is 19.4. The molecule has 0 fully saturated rings. The van der Waals surface area contributed by atoms with Gasteiger partial charge in [-0.25, -0.2) is 9.79 Å². The van der Waals surface area contributed by atoms with E-state index in [4.69, 9.17) is 5.73 Å². The quantitative estimate of drug-likeness (QED) is 0.526. The van der Waals surface area contributed by atoms with Crippen molar-refractivity contribution in [3.05, 3.63) is 42.1 Å². The van der Waals surface area contributed by atoms with Crippen molar-refractivity contribution in [1.82, 2.24) is 0 Å². The number of para-hydroxylation sites is 1. The van der Waals surface area contributed by atoms with Gasteiger partial charge in [-0.05, 0) is 19.1 Å². The first-order valence-electron chi connectivity index (χ1n) is 5.70. The van der Waals surface area contributed by atoms with Crippen LogP contribution in [0.5, 0.6) is 0 Å². The van der Waals surface area contributed by atoms with Gasteiger partial charge in [0.05, 0.1) is 12.3 Å². The molecule has 0 saturated heterocycles. The molecule has 0 radical (unpaired) electrons. The third kappa shape index (κ3) is 4.11. The fourth-order valence-corrected chi connectivity index (χ4v) is 1.36. The molecule has 0 aliphatic heterocycles. The standard InChI is InChI=1S/C13H13F3N2O2/c1-2-20-12(19)10(8-17)11(13(14,15)16)18-9-6-4-3-5-7-9/h3-8H,2,17H2,1H3. The second-order valence-electron chi connectivity index (χ2n) is 3.59. The first-order valence-corrected chi connectivity index (χ1v) is 5.70. The lowest BCUT2D eigenvalue weighted by molar-refractivity contribution is -0.138. The average Bonchev–Trinajstić information content (AvgIpc) is 2.39. The Morgan fingerprint density at radius 2 is 1.95 bits per heavy atom. The van der Waals surface area contributed by atoms with Crippen LogP contribution in [-0.4, -0.2) is 24.5 Å². The number of benzene rings is 1. The lowest BCUT2D eigenvalue weighted by Gasteiger charge is -2.13. The van der Waals surface area contributed by atoms with E-state index in [1.807, 2.05) is 0 Å². The Kier molecular flexibility index (Phi) is 5.31. The minimum absolute atomic E-state index is 0.0588. The Balaban J connectivity index is 3.27. The lowest BCUT2D eigenvalue weighted by atomic mass is 10.1. The van der Waals surface area contributed by atoms with Crippen molar-refractivity contribution in [2.24, 2.45) is 10.7 Å². The number of aliphatic imine (C=N–C) groups is 1. The maximum Gasteiger partial charge on any atom is 0.434 e. The van der Waals surface area contributed by atoms with Crippen LogP contribution in [0.1, 0.15) is 6.92 Å². The Bertz CT molecular complexity index is 522. The van der Waals surface area contributed by atoms with E-state index in [9.17, 15) is 18.0 Å². The van der Waals surface area contributed by atoms with Crippen LogP contribution in [-0.2, 0) is 9.53 Å². The number of hydrogen-bond donors (Lipinski definition) is 1. The summed E-state index contributed by atoms with van der Waals surface area (Å²) >= 11 is 0. The summed E-state index contributed by atoms with van der Waals surface area (Å²) in [6.07, 6.45) is -4.28. The highest BCUT2D eigenvalue weighted by molar-refractivity contribution is 6.22. The van der Waals surface area contributed by atoms with Gasteiger partial charge >= 0.3 is 12.1 Å². The van der Waals surface area contributed by atoms with E-state index < -0.39 is 23.4 Å². The highest BCUT2D eigenvalue weighted by Crippen LogP contribution is 2.26. The summed E-state index contributed by atoms with van der Waals surface area (Å²) in [5.74, 6) is -1.16. The Hall–Kier alpha value is -2.31. The van der Waals surface area contributed by atoms with Crippen LogP contribution in [0.3, 0.4) is 0 Å². The van der Waals surface area contributed by atoms with Gasteiger partial charge in [0.25, 0.3) is 0 Å². The molecule has 1 aromatic rings. The summed E-state index contributed by atoms with van der Waals surface area (Å²) in [7, 11) is 0. The minimum atomic E-state index is -4.83. The van der Waals surface area contributed by atoms with Gasteiger partial charge in [0.1, 0.15) is 5.57 Å². The number of ether oxygens (including phenoxy) is 1. The van der Waals surface area contributed by atoms with Gasteiger partial charge in [-0.1, -0.05) is 18.2 Å². The van der Waals surface area contributed by atoms with Crippen molar-refractivity contribution >= 4 is 17.4 Å². The maximum absolute atomic E-state index is 13.0. The van der Waals surface area contributed by atoms with E-state index in [1.54, 1.807) is 6.07 Å². The largest absolute Gasteiger partial charge is 0.462 e. The van der Waals surface area contributed by atoms with Crippen molar-refractivity contribution in [3.8, 4) is 0 Å². The maximum atomic E-state index is 13.0. The number of hydrogen-bond acceptors (Lipinski definition) is 4. The molecule has 0 unspecified atom stereocenters. The van der Waals surface area contributed by atoms with E-state index in [2.05, 4.69) is 9.73 Å². The third-order valence-electron chi connectivity index (χ3n) is 2.18. The van der Waals surface area contributed by atoms with Gasteiger partial charge in [0.15, 0.2) is 5.71 Å². The summed E-state index contributed by atoms with van der Waals surface area (Å²) in [5, 5.41) is 0. The Morgan fingerprint density at radius 1 is 1.35 bits per heavy atom. The Morgan fingerprint density at radius 3 is 2.40 bits per heavy atom. The van der Waals surface area contributed by atoms with E-state index >= 15 is 0 Å². The van der Waals surface area contributed by atoms with Crippen LogP contribution in [0.2, 0.25) is 0 Å². The zero-order valence-corrected chi connectivity index (χ0v) is 10.6. The molecule has 2 N–H and O–H groups in total. The molecule has 4 nitrogen and oxygen atoms in total. The number of nitrogens with zero attached hydrogens (tertiary/aromatic N) is 1. The van der Waals surface area contributed by atoms with Crippen LogP contribution in [0, 0.1) is 0 Å². The second-order valence-corrected chi connectivity index (χ2v) is 3.59. The normalized spacial score (nSPS) is 13.2. The van der Waals surface area contributed by atoms with Crippen molar-refractivity contribution in [1.29, 1.82) is 0 Å². The molecule has 20 heavy (non-hydrogen) atoms. The topological polar surface area (TPSA) is 64.7 Å². The van der Waals surface area contributed by atoms with Crippen LogP contribution in [0.25, 0.3) is 0 Å². The van der Waals surface area contributed by atoms with Gasteiger partial charge in [0, 0.05) is 6.20 Å². The predicted octanol–water partition coefficient (Wildman–Crippen LogP) is 2.73. The minimum Gasteiger partial charge on any atom is -0.462 e. The van der Waals surface area contributed by atoms with Crippen molar-refractivity contribution in [2.75, 3.05) is 6.61 Å². The molecular formula is C13H13F3N2O2. The number of rotatable bonds is 4. The highest BCUT2D eigenvalue weighted by Gasteiger charge is 2.41. The smallest absolute Gasteiger partial charge is 0.434 e. The van der Waals surface area contributed by atoms with E-state index in [0.717, 1.165) is 0 Å². The third-order valence-corrected chi connectivity index (χ3v) is 2.18. The molecule has 0 aliphatic carbocycles. The summed E-state index contributed by atoms with van der Waals surface area (Å²) in [6.45, 7) is 1.42. The monoisotopic (exact) mass is 286 g/mol. The number of esters is 1. The molecule has 0 atom stereocenters. The molecule has 0 aliphatic rings. The zero-order valence-electron chi connectivity index (χ0n) is 10.6. The first kappa shape index (κ1) is 15.7. The molecule has 1 aromatic carbocycles. The lowest BCUT2D eigenvalue weighted by Crippen LogP contribution is -2.30. The van der Waals surface area contributed by atoms with Gasteiger partial charge < -0.3 is 10.5 Å². The summed E-state index contributed by atoms with van der Waals surface area (Å²) < 4.78 is 43.6. The second kappa shape index (κ2) is 6.74. The summed E-state index contributed by atoms with van der Waals surface area (Å²) in [5.41, 5.74) is 2.97. The van der Waals surface area contributed by atoms with Crippen molar-refractivity contribution < 1.29 is 22.7 Å². The fourth-order valence-electron chi connectivity index (χ4n) is 1.36. The number of carbonyl (C=O) groups is 1. The number of carbonyl (C=O) groups excluding carboxylic acids is 1. The molecule has 0 amide bonds. The molecule has 108 valence electrons. The van der Waals surface area contributed by atoms with Gasteiger partial charge in [0.2, 0.25) is 0 Å². The van der Waals surface area contributed by atoms with Gasteiger partial charge in [-0.15, -0.1) is 0 Å². The molecule has 0 saturated carbocycles. The average molecular weight is 286 g/mol. The number of alkyl halides is 3. The zero-order chi connectivity index (χ0) is 15.2. The molecule has 0 heterocycles. The van der Waals surface area contributed by atoms with Crippen LogP contribution in [0.15, 0.2) is 47.1 Å². The van der Waals surface area contributed by atoms with Crippen molar-refractivity contribution in [3.63, 3.8) is 0 Å². The summed E-state index contributed by atoms with van der Waals surface area (Å²) in [6, 6.07) is 7.46. The van der Waals surface area contributed by atoms with Gasteiger partial charge in [-0.3, -0.25) is 0 Å². The molecule has 1 rings (SSSR count). The van der Waals surface area contributed by atoms with E-state index in [0.29, 0.717) is 6.20 Å². The van der Waals surface area contributed by atoms with Crippen LogP contribution in [0.4, 0.5) is 18.9 Å². The molecule has 0 bridgehead atoms. The Labute approximate surface area is 113 Å². The predicted molar refractivity (Wildman–Crippen MR) is 68.5 cm³/mol. The SMILES string of the molecule is CCOC(=O)C(=CN)C(=Nc1ccccc1)C(F)(F)F.